The summed E-state index contributed by atoms with van der Waals surface area (Å²) < 4.78 is 13.0. The Morgan fingerprint density at radius 1 is 1.38 bits per heavy atom. The fraction of sp³-hybridized carbons (Fsp3) is 0.471. The van der Waals surface area contributed by atoms with Crippen LogP contribution in [0.15, 0.2) is 24.3 Å². The predicted molar refractivity (Wildman–Crippen MR) is 88.5 cm³/mol. The van der Waals surface area contributed by atoms with Gasteiger partial charge in [0.25, 0.3) is 0 Å². The minimum atomic E-state index is -0.795. The molecule has 6 nitrogen and oxygen atoms in total. The number of nitrogens with one attached hydrogen (secondary N) is 2. The summed E-state index contributed by atoms with van der Waals surface area (Å²) in [4.78, 5) is 26.0. The highest BCUT2D eigenvalue weighted by Gasteiger charge is 2.35. The van der Waals surface area contributed by atoms with Gasteiger partial charge in [0.15, 0.2) is 0 Å². The van der Waals surface area contributed by atoms with Gasteiger partial charge in [0.1, 0.15) is 11.9 Å². The van der Waals surface area contributed by atoms with Crippen LogP contribution < -0.4 is 10.2 Å². The molecule has 130 valence electrons. The lowest BCUT2D eigenvalue weighted by Crippen LogP contribution is -2.57. The van der Waals surface area contributed by atoms with Crippen LogP contribution in [-0.4, -0.2) is 41.8 Å². The number of carbonyl (C=O) groups is 2. The van der Waals surface area contributed by atoms with Crippen molar-refractivity contribution in [1.82, 2.24) is 5.32 Å². The minimum Gasteiger partial charge on any atom is -0.395 e. The van der Waals surface area contributed by atoms with Gasteiger partial charge in [0, 0.05) is 23.4 Å². The van der Waals surface area contributed by atoms with E-state index in [0.717, 1.165) is 5.69 Å². The lowest BCUT2D eigenvalue weighted by Gasteiger charge is -2.41. The normalized spacial score (nSPS) is 17.2. The zero-order chi connectivity index (χ0) is 17.9. The van der Waals surface area contributed by atoms with E-state index in [2.05, 4.69) is 5.32 Å². The summed E-state index contributed by atoms with van der Waals surface area (Å²) in [5, 5.41) is 19.4. The molecular formula is C17H22FN3O3. The molecule has 0 saturated carbocycles. The SMILES string of the molecule is CC(C)(CO)C(=N)CC(=O)NC(=O)C1CCN1c1ccc(F)cc1. The number of amides is 2. The average Bonchev–Trinajstić information content (AvgIpc) is 2.47. The highest BCUT2D eigenvalue weighted by Crippen LogP contribution is 2.26. The van der Waals surface area contributed by atoms with Crippen LogP contribution in [0.1, 0.15) is 26.7 Å². The van der Waals surface area contributed by atoms with E-state index in [-0.39, 0.29) is 24.6 Å². The van der Waals surface area contributed by atoms with Crippen molar-refractivity contribution in [3.05, 3.63) is 30.1 Å². The molecule has 2 amide bonds. The second kappa shape index (κ2) is 7.09. The number of aliphatic hydroxyl groups is 1. The molecule has 0 aliphatic carbocycles. The number of hydrogen-bond donors (Lipinski definition) is 3. The van der Waals surface area contributed by atoms with Crippen LogP contribution in [0.2, 0.25) is 0 Å². The number of aliphatic hydroxyl groups excluding tert-OH is 1. The van der Waals surface area contributed by atoms with Crippen LogP contribution in [0.4, 0.5) is 10.1 Å². The number of hydrogen-bond acceptors (Lipinski definition) is 5. The van der Waals surface area contributed by atoms with Gasteiger partial charge in [-0.2, -0.15) is 0 Å². The van der Waals surface area contributed by atoms with Gasteiger partial charge in [-0.1, -0.05) is 13.8 Å². The molecule has 1 saturated heterocycles. The average molecular weight is 335 g/mol. The van der Waals surface area contributed by atoms with Gasteiger partial charge >= 0.3 is 0 Å². The summed E-state index contributed by atoms with van der Waals surface area (Å²) >= 11 is 0. The molecule has 1 fully saturated rings. The smallest absolute Gasteiger partial charge is 0.249 e. The number of carbonyl (C=O) groups excluding carboxylic acids is 2. The van der Waals surface area contributed by atoms with Crippen molar-refractivity contribution in [2.45, 2.75) is 32.7 Å². The molecule has 7 heteroatoms. The fourth-order valence-corrected chi connectivity index (χ4v) is 2.36. The molecule has 1 aliphatic heterocycles. The van der Waals surface area contributed by atoms with E-state index in [0.29, 0.717) is 13.0 Å². The molecule has 1 heterocycles. The van der Waals surface area contributed by atoms with Crippen molar-refractivity contribution in [3.8, 4) is 0 Å². The Kier molecular flexibility index (Phi) is 5.33. The summed E-state index contributed by atoms with van der Waals surface area (Å²) in [7, 11) is 0. The lowest BCUT2D eigenvalue weighted by atomic mass is 9.86. The molecule has 1 aromatic rings. The molecule has 1 aliphatic rings. The Morgan fingerprint density at radius 3 is 2.50 bits per heavy atom. The Bertz CT molecular complexity index is 643. The number of halogens is 1. The number of anilines is 1. The summed E-state index contributed by atoms with van der Waals surface area (Å²) in [6.07, 6.45) is 0.374. The summed E-state index contributed by atoms with van der Waals surface area (Å²) in [5.74, 6) is -1.33. The maximum atomic E-state index is 13.0. The van der Waals surface area contributed by atoms with E-state index in [1.807, 2.05) is 0 Å². The molecule has 1 unspecified atom stereocenters. The van der Waals surface area contributed by atoms with E-state index in [1.54, 1.807) is 30.9 Å². The van der Waals surface area contributed by atoms with Gasteiger partial charge in [0.05, 0.1) is 13.0 Å². The molecule has 2 rings (SSSR count). The number of nitrogens with zero attached hydrogens (tertiary/aromatic N) is 1. The second-order valence-corrected chi connectivity index (χ2v) is 6.58. The maximum absolute atomic E-state index is 13.0. The van der Waals surface area contributed by atoms with E-state index in [4.69, 9.17) is 5.41 Å². The van der Waals surface area contributed by atoms with Gasteiger partial charge in [-0.15, -0.1) is 0 Å². The summed E-state index contributed by atoms with van der Waals surface area (Å²) in [5.41, 5.74) is 0.000459. The van der Waals surface area contributed by atoms with Crippen molar-refractivity contribution in [2.24, 2.45) is 5.41 Å². The van der Waals surface area contributed by atoms with Crippen molar-refractivity contribution in [2.75, 3.05) is 18.1 Å². The van der Waals surface area contributed by atoms with Gasteiger partial charge in [-0.25, -0.2) is 4.39 Å². The Hall–Kier alpha value is -2.28. The lowest BCUT2D eigenvalue weighted by molar-refractivity contribution is -0.131. The van der Waals surface area contributed by atoms with Crippen LogP contribution in [0.5, 0.6) is 0 Å². The first-order valence-corrected chi connectivity index (χ1v) is 7.79. The largest absolute Gasteiger partial charge is 0.395 e. The van der Waals surface area contributed by atoms with Gasteiger partial charge in [0.2, 0.25) is 11.8 Å². The Labute approximate surface area is 140 Å². The zero-order valence-electron chi connectivity index (χ0n) is 13.8. The van der Waals surface area contributed by atoms with Crippen LogP contribution in [0, 0.1) is 16.6 Å². The second-order valence-electron chi connectivity index (χ2n) is 6.58. The molecular weight excluding hydrogens is 313 g/mol. The summed E-state index contributed by atoms with van der Waals surface area (Å²) in [6, 6.07) is 5.36. The quantitative estimate of drug-likeness (QED) is 0.686. The van der Waals surface area contributed by atoms with E-state index < -0.39 is 23.3 Å². The molecule has 1 atom stereocenters. The third-order valence-corrected chi connectivity index (χ3v) is 4.29. The van der Waals surface area contributed by atoms with Crippen molar-refractivity contribution in [3.63, 3.8) is 0 Å². The molecule has 0 spiro atoms. The maximum Gasteiger partial charge on any atom is 0.249 e. The first kappa shape index (κ1) is 18.1. The first-order chi connectivity index (χ1) is 11.2. The highest BCUT2D eigenvalue weighted by molar-refractivity contribution is 6.08. The van der Waals surface area contributed by atoms with E-state index in [1.165, 1.54) is 12.1 Å². The van der Waals surface area contributed by atoms with Crippen LogP contribution in [-0.2, 0) is 9.59 Å². The number of benzene rings is 1. The first-order valence-electron chi connectivity index (χ1n) is 7.79. The predicted octanol–water partition coefficient (Wildman–Crippen LogP) is 1.48. The van der Waals surface area contributed by atoms with Gasteiger partial charge in [-0.3, -0.25) is 14.9 Å². The van der Waals surface area contributed by atoms with E-state index in [9.17, 15) is 19.1 Å². The van der Waals surface area contributed by atoms with Gasteiger partial charge in [-0.05, 0) is 30.7 Å². The molecule has 3 N–H and O–H groups in total. The molecule has 0 radical (unpaired) electrons. The molecule has 24 heavy (non-hydrogen) atoms. The molecule has 1 aromatic carbocycles. The Balaban J connectivity index is 1.91. The van der Waals surface area contributed by atoms with Gasteiger partial charge < -0.3 is 15.4 Å². The summed E-state index contributed by atoms with van der Waals surface area (Å²) in [6.45, 7) is 3.73. The molecule has 0 aromatic heterocycles. The van der Waals surface area contributed by atoms with Crippen LogP contribution in [0.25, 0.3) is 0 Å². The topological polar surface area (TPSA) is 93.5 Å². The molecule has 0 bridgehead atoms. The van der Waals surface area contributed by atoms with Crippen molar-refractivity contribution < 1.29 is 19.1 Å². The highest BCUT2D eigenvalue weighted by atomic mass is 19.1. The third kappa shape index (κ3) is 3.97. The standard InChI is InChI=1S/C17H22FN3O3/c1-17(2,10-22)14(19)9-15(23)20-16(24)13-7-8-21(13)12-5-3-11(18)4-6-12/h3-6,13,19,22H,7-10H2,1-2H3,(H,20,23,24). The Morgan fingerprint density at radius 2 is 2.00 bits per heavy atom. The van der Waals surface area contributed by atoms with Crippen LogP contribution in [0.3, 0.4) is 0 Å². The van der Waals surface area contributed by atoms with Crippen LogP contribution >= 0.6 is 0 Å². The zero-order valence-corrected chi connectivity index (χ0v) is 13.8. The number of rotatable bonds is 6. The van der Waals surface area contributed by atoms with Crippen molar-refractivity contribution >= 4 is 23.2 Å². The number of imide groups is 1. The minimum absolute atomic E-state index is 0.0688. The fourth-order valence-electron chi connectivity index (χ4n) is 2.36. The monoisotopic (exact) mass is 335 g/mol. The van der Waals surface area contributed by atoms with E-state index >= 15 is 0 Å². The third-order valence-electron chi connectivity index (χ3n) is 4.29. The van der Waals surface area contributed by atoms with Crippen molar-refractivity contribution in [1.29, 1.82) is 5.41 Å².